The standard InChI is InChI=1S/C16H23NO2/c1-3-12(2)17-16(18)11-19-15-10-6-8-13-7-4-5-9-14(13)15/h6,8,10,12H,3-5,7,9,11H2,1-2H3,(H,17,18)/t12-/m0/s1. The highest BCUT2D eigenvalue weighted by atomic mass is 16.5. The summed E-state index contributed by atoms with van der Waals surface area (Å²) >= 11 is 0. The molecule has 0 bridgehead atoms. The molecule has 0 unspecified atom stereocenters. The van der Waals surface area contributed by atoms with E-state index in [1.165, 1.54) is 24.0 Å². The fraction of sp³-hybridized carbons (Fsp3) is 0.562. The number of benzene rings is 1. The molecule has 1 aromatic rings. The van der Waals surface area contributed by atoms with Gasteiger partial charge in [0.25, 0.3) is 5.91 Å². The minimum Gasteiger partial charge on any atom is -0.483 e. The highest BCUT2D eigenvalue weighted by molar-refractivity contribution is 5.77. The first-order chi connectivity index (χ1) is 9.20. The highest BCUT2D eigenvalue weighted by Crippen LogP contribution is 2.29. The van der Waals surface area contributed by atoms with Crippen LogP contribution in [0, 0.1) is 0 Å². The van der Waals surface area contributed by atoms with E-state index in [1.807, 2.05) is 19.1 Å². The van der Waals surface area contributed by atoms with Crippen LogP contribution in [0.15, 0.2) is 18.2 Å². The normalized spacial score (nSPS) is 15.5. The lowest BCUT2D eigenvalue weighted by molar-refractivity contribution is -0.123. The minimum atomic E-state index is -0.0391. The Balaban J connectivity index is 1.94. The number of rotatable bonds is 5. The number of ether oxygens (including phenoxy) is 1. The van der Waals surface area contributed by atoms with Gasteiger partial charge >= 0.3 is 0 Å². The molecular weight excluding hydrogens is 238 g/mol. The van der Waals surface area contributed by atoms with Crippen LogP contribution in [0.25, 0.3) is 0 Å². The lowest BCUT2D eigenvalue weighted by atomic mass is 9.91. The molecule has 1 aliphatic rings. The first-order valence-electron chi connectivity index (χ1n) is 7.23. The molecule has 0 spiro atoms. The summed E-state index contributed by atoms with van der Waals surface area (Å²) in [7, 11) is 0. The lowest BCUT2D eigenvalue weighted by Gasteiger charge is -2.19. The van der Waals surface area contributed by atoms with Crippen LogP contribution in [0.2, 0.25) is 0 Å². The Bertz CT molecular complexity index is 442. The number of nitrogens with one attached hydrogen (secondary N) is 1. The van der Waals surface area contributed by atoms with Crippen molar-refractivity contribution >= 4 is 5.91 Å². The fourth-order valence-corrected chi connectivity index (χ4v) is 2.44. The van der Waals surface area contributed by atoms with Gasteiger partial charge in [-0.25, -0.2) is 0 Å². The summed E-state index contributed by atoms with van der Waals surface area (Å²) in [4.78, 5) is 11.7. The summed E-state index contributed by atoms with van der Waals surface area (Å²) in [6.07, 6.45) is 5.61. The van der Waals surface area contributed by atoms with E-state index in [-0.39, 0.29) is 18.6 Å². The van der Waals surface area contributed by atoms with E-state index in [0.717, 1.165) is 25.0 Å². The van der Waals surface area contributed by atoms with Crippen molar-refractivity contribution in [2.45, 2.75) is 52.0 Å². The van der Waals surface area contributed by atoms with Crippen molar-refractivity contribution in [1.29, 1.82) is 0 Å². The van der Waals surface area contributed by atoms with E-state index in [9.17, 15) is 4.79 Å². The maximum absolute atomic E-state index is 11.7. The van der Waals surface area contributed by atoms with Crippen molar-refractivity contribution in [3.8, 4) is 5.75 Å². The predicted molar refractivity (Wildman–Crippen MR) is 76.5 cm³/mol. The van der Waals surface area contributed by atoms with Gasteiger partial charge in [0, 0.05) is 6.04 Å². The van der Waals surface area contributed by atoms with E-state index in [1.54, 1.807) is 0 Å². The predicted octanol–water partition coefficient (Wildman–Crippen LogP) is 2.86. The number of carbonyl (C=O) groups excluding carboxylic acids is 1. The van der Waals surface area contributed by atoms with E-state index in [0.29, 0.717) is 0 Å². The Kier molecular flexibility index (Phi) is 4.83. The van der Waals surface area contributed by atoms with Crippen LogP contribution in [0.5, 0.6) is 5.75 Å². The average Bonchev–Trinajstić information content (AvgIpc) is 2.44. The first kappa shape index (κ1) is 13.9. The molecule has 1 aliphatic carbocycles. The molecule has 1 amide bonds. The number of hydrogen-bond acceptors (Lipinski definition) is 2. The second-order valence-corrected chi connectivity index (χ2v) is 5.27. The smallest absolute Gasteiger partial charge is 0.258 e. The van der Waals surface area contributed by atoms with Crippen molar-refractivity contribution in [2.24, 2.45) is 0 Å². The Morgan fingerprint density at radius 3 is 2.95 bits per heavy atom. The fourth-order valence-electron chi connectivity index (χ4n) is 2.44. The van der Waals surface area contributed by atoms with Crippen LogP contribution in [-0.2, 0) is 17.6 Å². The van der Waals surface area contributed by atoms with Crippen LogP contribution >= 0.6 is 0 Å². The number of carbonyl (C=O) groups is 1. The van der Waals surface area contributed by atoms with Gasteiger partial charge in [-0.3, -0.25) is 4.79 Å². The molecular formula is C16H23NO2. The monoisotopic (exact) mass is 261 g/mol. The summed E-state index contributed by atoms with van der Waals surface area (Å²) in [5.41, 5.74) is 2.68. The summed E-state index contributed by atoms with van der Waals surface area (Å²) in [5, 5.41) is 2.92. The van der Waals surface area contributed by atoms with Gasteiger partial charge in [-0.15, -0.1) is 0 Å². The molecule has 0 aliphatic heterocycles. The molecule has 0 aromatic heterocycles. The van der Waals surface area contributed by atoms with Crippen molar-refractivity contribution < 1.29 is 9.53 Å². The Hall–Kier alpha value is -1.51. The maximum atomic E-state index is 11.7. The maximum Gasteiger partial charge on any atom is 0.258 e. The zero-order valence-corrected chi connectivity index (χ0v) is 11.9. The third kappa shape index (κ3) is 3.72. The zero-order valence-electron chi connectivity index (χ0n) is 11.9. The summed E-state index contributed by atoms with van der Waals surface area (Å²) in [6, 6.07) is 6.37. The number of aryl methyl sites for hydroxylation is 1. The molecule has 0 saturated carbocycles. The van der Waals surface area contributed by atoms with Gasteiger partial charge in [0.05, 0.1) is 0 Å². The third-order valence-electron chi connectivity index (χ3n) is 3.73. The molecule has 19 heavy (non-hydrogen) atoms. The summed E-state index contributed by atoms with van der Waals surface area (Å²) in [6.45, 7) is 4.17. The average molecular weight is 261 g/mol. The van der Waals surface area contributed by atoms with Gasteiger partial charge in [0.15, 0.2) is 6.61 Å². The van der Waals surface area contributed by atoms with Crippen molar-refractivity contribution in [1.82, 2.24) is 5.32 Å². The second kappa shape index (κ2) is 6.60. The van der Waals surface area contributed by atoms with Gasteiger partial charge in [-0.1, -0.05) is 19.1 Å². The van der Waals surface area contributed by atoms with Gasteiger partial charge in [-0.2, -0.15) is 0 Å². The number of hydrogen-bond donors (Lipinski definition) is 1. The van der Waals surface area contributed by atoms with Crippen molar-refractivity contribution in [3.05, 3.63) is 29.3 Å². The molecule has 2 rings (SSSR count). The lowest BCUT2D eigenvalue weighted by Crippen LogP contribution is -2.35. The summed E-state index contributed by atoms with van der Waals surface area (Å²) < 4.78 is 5.70. The SMILES string of the molecule is CC[C@H](C)NC(=O)COc1cccc2c1CCCC2. The van der Waals surface area contributed by atoms with E-state index < -0.39 is 0 Å². The highest BCUT2D eigenvalue weighted by Gasteiger charge is 2.14. The zero-order chi connectivity index (χ0) is 13.7. The first-order valence-corrected chi connectivity index (χ1v) is 7.23. The molecule has 0 fully saturated rings. The molecule has 0 saturated heterocycles. The van der Waals surface area contributed by atoms with Crippen LogP contribution in [0.1, 0.15) is 44.2 Å². The van der Waals surface area contributed by atoms with Gasteiger partial charge in [-0.05, 0) is 56.2 Å². The van der Waals surface area contributed by atoms with Crippen molar-refractivity contribution in [3.63, 3.8) is 0 Å². The molecule has 0 heterocycles. The number of fused-ring (bicyclic) bond motifs is 1. The molecule has 0 radical (unpaired) electrons. The minimum absolute atomic E-state index is 0.0391. The third-order valence-corrected chi connectivity index (χ3v) is 3.73. The van der Waals surface area contributed by atoms with Crippen LogP contribution in [-0.4, -0.2) is 18.6 Å². The second-order valence-electron chi connectivity index (χ2n) is 5.27. The van der Waals surface area contributed by atoms with E-state index in [2.05, 4.69) is 18.3 Å². The van der Waals surface area contributed by atoms with E-state index >= 15 is 0 Å². The molecule has 3 nitrogen and oxygen atoms in total. The molecule has 1 N–H and O–H groups in total. The van der Waals surface area contributed by atoms with Crippen LogP contribution in [0.3, 0.4) is 0 Å². The molecule has 1 aromatic carbocycles. The van der Waals surface area contributed by atoms with E-state index in [4.69, 9.17) is 4.74 Å². The van der Waals surface area contributed by atoms with Gasteiger partial charge in [0.2, 0.25) is 0 Å². The topological polar surface area (TPSA) is 38.3 Å². The number of amides is 1. The quantitative estimate of drug-likeness (QED) is 0.885. The van der Waals surface area contributed by atoms with Crippen LogP contribution in [0.4, 0.5) is 0 Å². The van der Waals surface area contributed by atoms with Gasteiger partial charge in [0.1, 0.15) is 5.75 Å². The van der Waals surface area contributed by atoms with Crippen LogP contribution < -0.4 is 10.1 Å². The Morgan fingerprint density at radius 2 is 2.16 bits per heavy atom. The Labute approximate surface area is 115 Å². The largest absolute Gasteiger partial charge is 0.483 e. The van der Waals surface area contributed by atoms with Gasteiger partial charge < -0.3 is 10.1 Å². The van der Waals surface area contributed by atoms with Crippen molar-refractivity contribution in [2.75, 3.05) is 6.61 Å². The molecule has 1 atom stereocenters. The molecule has 104 valence electrons. The summed E-state index contributed by atoms with van der Waals surface area (Å²) in [5.74, 6) is 0.847. The molecule has 3 heteroatoms. The Morgan fingerprint density at radius 1 is 1.37 bits per heavy atom.